The van der Waals surface area contributed by atoms with Gasteiger partial charge < -0.3 is 20.2 Å². The molecule has 0 atom stereocenters. The lowest BCUT2D eigenvalue weighted by Crippen LogP contribution is -2.33. The molecule has 0 saturated heterocycles. The number of aromatic nitrogens is 1. The Balaban J connectivity index is 1.47. The van der Waals surface area contributed by atoms with Gasteiger partial charge >= 0.3 is 0 Å². The van der Waals surface area contributed by atoms with Gasteiger partial charge in [-0.1, -0.05) is 12.1 Å². The Kier molecular flexibility index (Phi) is 7.41. The van der Waals surface area contributed by atoms with E-state index in [1.165, 1.54) is 12.1 Å². The van der Waals surface area contributed by atoms with E-state index in [1.807, 2.05) is 30.3 Å². The van der Waals surface area contributed by atoms with Crippen molar-refractivity contribution >= 4 is 28.6 Å². The molecule has 0 radical (unpaired) electrons. The number of benzene rings is 3. The standard InChI is InChI=1S/C33H29FN4O4/c1-36-32(39)30-26-18-21(7-14-28(26)42-31(30)20-5-9-23(34)10-6-20)25-19-22(8-13-27(25)41-17-15-35)33(40)38(24-11-12-24)29-4-2-3-16-37-29/h2-10,13-14,16,18-19,24H,11-12,15,17,35H2,1H3,(H,36,39). The third-order valence-corrected chi connectivity index (χ3v) is 7.19. The van der Waals surface area contributed by atoms with Crippen molar-refractivity contribution in [2.24, 2.45) is 5.73 Å². The summed E-state index contributed by atoms with van der Waals surface area (Å²) in [6, 6.07) is 22.2. The van der Waals surface area contributed by atoms with Crippen LogP contribution in [0.3, 0.4) is 0 Å². The highest BCUT2D eigenvalue weighted by Crippen LogP contribution is 2.39. The van der Waals surface area contributed by atoms with Crippen LogP contribution in [-0.2, 0) is 0 Å². The number of ether oxygens (including phenoxy) is 1. The molecule has 0 bridgehead atoms. The van der Waals surface area contributed by atoms with Crippen molar-refractivity contribution in [3.8, 4) is 28.2 Å². The molecular formula is C33H29FN4O4. The van der Waals surface area contributed by atoms with Crippen LogP contribution in [0.1, 0.15) is 33.6 Å². The SMILES string of the molecule is CNC(=O)c1c(-c2ccc(F)cc2)oc2ccc(-c3cc(C(=O)N(c4ccccn4)C4CC4)ccc3OCCN)cc12. The molecule has 1 aliphatic carbocycles. The zero-order valence-electron chi connectivity index (χ0n) is 23.0. The number of nitrogens with one attached hydrogen (secondary N) is 1. The largest absolute Gasteiger partial charge is 0.492 e. The number of carbonyl (C=O) groups is 2. The molecule has 3 N–H and O–H groups in total. The van der Waals surface area contributed by atoms with Crippen LogP contribution >= 0.6 is 0 Å². The number of halogens is 1. The molecule has 6 rings (SSSR count). The summed E-state index contributed by atoms with van der Waals surface area (Å²) >= 11 is 0. The van der Waals surface area contributed by atoms with Gasteiger partial charge in [0.2, 0.25) is 0 Å². The third kappa shape index (κ3) is 5.22. The van der Waals surface area contributed by atoms with Crippen molar-refractivity contribution in [3.63, 3.8) is 0 Å². The predicted molar refractivity (Wildman–Crippen MR) is 159 cm³/mol. The fourth-order valence-corrected chi connectivity index (χ4v) is 5.03. The number of nitrogens with zero attached hydrogens (tertiary/aromatic N) is 2. The molecular weight excluding hydrogens is 535 g/mol. The second-order valence-electron chi connectivity index (χ2n) is 10.0. The van der Waals surface area contributed by atoms with Gasteiger partial charge in [-0.05, 0) is 85.1 Å². The molecule has 0 spiro atoms. The number of furan rings is 1. The minimum absolute atomic E-state index is 0.103. The number of nitrogens with two attached hydrogens (primary N) is 1. The van der Waals surface area contributed by atoms with Crippen LogP contribution in [0, 0.1) is 5.82 Å². The number of amides is 2. The highest BCUT2D eigenvalue weighted by atomic mass is 19.1. The number of hydrogen-bond acceptors (Lipinski definition) is 6. The fourth-order valence-electron chi connectivity index (χ4n) is 5.03. The van der Waals surface area contributed by atoms with Crippen LogP contribution in [0.2, 0.25) is 0 Å². The maximum Gasteiger partial charge on any atom is 0.259 e. The van der Waals surface area contributed by atoms with Crippen molar-refractivity contribution in [2.45, 2.75) is 18.9 Å². The molecule has 0 unspecified atom stereocenters. The first-order chi connectivity index (χ1) is 20.5. The molecule has 8 nitrogen and oxygen atoms in total. The Morgan fingerprint density at radius 3 is 2.52 bits per heavy atom. The molecule has 2 aromatic heterocycles. The first-order valence-corrected chi connectivity index (χ1v) is 13.7. The van der Waals surface area contributed by atoms with Crippen molar-refractivity contribution in [1.82, 2.24) is 10.3 Å². The number of anilines is 1. The van der Waals surface area contributed by atoms with E-state index in [2.05, 4.69) is 10.3 Å². The average Bonchev–Trinajstić information content (AvgIpc) is 3.79. The summed E-state index contributed by atoms with van der Waals surface area (Å²) in [4.78, 5) is 33.1. The molecule has 2 heterocycles. The summed E-state index contributed by atoms with van der Waals surface area (Å²) in [5, 5.41) is 3.25. The summed E-state index contributed by atoms with van der Waals surface area (Å²) < 4.78 is 25.7. The van der Waals surface area contributed by atoms with Crippen LogP contribution in [0.4, 0.5) is 10.2 Å². The van der Waals surface area contributed by atoms with Gasteiger partial charge in [0.15, 0.2) is 0 Å². The fraction of sp³-hybridized carbons (Fsp3) is 0.182. The molecule has 1 fully saturated rings. The van der Waals surface area contributed by atoms with Crippen LogP contribution in [0.5, 0.6) is 5.75 Å². The van der Waals surface area contributed by atoms with Crippen molar-refractivity contribution in [3.05, 3.63) is 102 Å². The van der Waals surface area contributed by atoms with E-state index in [-0.39, 0.29) is 30.3 Å². The first kappa shape index (κ1) is 27.2. The monoisotopic (exact) mass is 564 g/mol. The summed E-state index contributed by atoms with van der Waals surface area (Å²) in [5.41, 5.74) is 8.98. The Hall–Kier alpha value is -5.02. The predicted octanol–water partition coefficient (Wildman–Crippen LogP) is 5.81. The molecule has 42 heavy (non-hydrogen) atoms. The van der Waals surface area contributed by atoms with E-state index >= 15 is 0 Å². The second kappa shape index (κ2) is 11.5. The summed E-state index contributed by atoms with van der Waals surface area (Å²) in [6.45, 7) is 0.604. The highest BCUT2D eigenvalue weighted by Gasteiger charge is 2.35. The molecule has 1 aliphatic rings. The van der Waals surface area contributed by atoms with Crippen LogP contribution in [0.15, 0.2) is 89.5 Å². The average molecular weight is 565 g/mol. The van der Waals surface area contributed by atoms with Crippen molar-refractivity contribution in [2.75, 3.05) is 25.1 Å². The lowest BCUT2D eigenvalue weighted by Gasteiger charge is -2.22. The second-order valence-corrected chi connectivity index (χ2v) is 10.0. The van der Waals surface area contributed by atoms with E-state index in [1.54, 1.807) is 54.5 Å². The third-order valence-electron chi connectivity index (χ3n) is 7.19. The molecule has 2 amide bonds. The lowest BCUT2D eigenvalue weighted by molar-refractivity contribution is 0.0962. The molecule has 212 valence electrons. The summed E-state index contributed by atoms with van der Waals surface area (Å²) in [6.07, 6.45) is 3.52. The molecule has 0 aliphatic heterocycles. The van der Waals surface area contributed by atoms with Gasteiger partial charge in [-0.2, -0.15) is 0 Å². The molecule has 3 aromatic carbocycles. The number of carbonyl (C=O) groups excluding carboxylic acids is 2. The smallest absolute Gasteiger partial charge is 0.259 e. The molecule has 1 saturated carbocycles. The number of hydrogen-bond donors (Lipinski definition) is 2. The maximum atomic E-state index is 13.8. The number of fused-ring (bicyclic) bond motifs is 1. The van der Waals surface area contributed by atoms with Gasteiger partial charge in [0.1, 0.15) is 35.3 Å². The van der Waals surface area contributed by atoms with E-state index < -0.39 is 0 Å². The summed E-state index contributed by atoms with van der Waals surface area (Å²) in [5.74, 6) is 0.608. The van der Waals surface area contributed by atoms with Crippen molar-refractivity contribution < 1.29 is 23.1 Å². The van der Waals surface area contributed by atoms with Gasteiger partial charge in [-0.25, -0.2) is 9.37 Å². The van der Waals surface area contributed by atoms with Gasteiger partial charge in [0.25, 0.3) is 11.8 Å². The maximum absolute atomic E-state index is 13.8. The van der Waals surface area contributed by atoms with Crippen molar-refractivity contribution in [1.29, 1.82) is 0 Å². The highest BCUT2D eigenvalue weighted by molar-refractivity contribution is 6.12. The minimum atomic E-state index is -0.388. The quantitative estimate of drug-likeness (QED) is 0.234. The Labute approximate surface area is 241 Å². The van der Waals surface area contributed by atoms with E-state index in [9.17, 15) is 14.0 Å². The topological polar surface area (TPSA) is 111 Å². The van der Waals surface area contributed by atoms with Crippen LogP contribution < -0.4 is 20.7 Å². The summed E-state index contributed by atoms with van der Waals surface area (Å²) in [7, 11) is 1.54. The number of rotatable bonds is 9. The van der Waals surface area contributed by atoms with E-state index in [0.717, 1.165) is 18.4 Å². The molecule has 5 aromatic rings. The number of pyridine rings is 1. The van der Waals surface area contributed by atoms with Crippen LogP contribution in [-0.4, -0.2) is 43.0 Å². The molecule has 9 heteroatoms. The first-order valence-electron chi connectivity index (χ1n) is 13.7. The van der Waals surface area contributed by atoms with Gasteiger partial charge in [0.05, 0.1) is 5.56 Å². The Morgan fingerprint density at radius 1 is 1.05 bits per heavy atom. The normalized spacial score (nSPS) is 12.7. The Bertz CT molecular complexity index is 1760. The van der Waals surface area contributed by atoms with E-state index in [0.29, 0.717) is 57.1 Å². The minimum Gasteiger partial charge on any atom is -0.492 e. The van der Waals surface area contributed by atoms with Gasteiger partial charge in [0, 0.05) is 47.9 Å². The zero-order chi connectivity index (χ0) is 29.2. The van der Waals surface area contributed by atoms with E-state index in [4.69, 9.17) is 14.9 Å². The zero-order valence-corrected chi connectivity index (χ0v) is 23.0. The Morgan fingerprint density at radius 2 is 1.83 bits per heavy atom. The van der Waals surface area contributed by atoms with Gasteiger partial charge in [-0.3, -0.25) is 14.5 Å². The van der Waals surface area contributed by atoms with Crippen LogP contribution in [0.25, 0.3) is 33.4 Å². The lowest BCUT2D eigenvalue weighted by atomic mass is 9.98. The van der Waals surface area contributed by atoms with Gasteiger partial charge in [-0.15, -0.1) is 0 Å².